The Kier molecular flexibility index (Phi) is 3.54. The summed E-state index contributed by atoms with van der Waals surface area (Å²) >= 11 is 0. The second-order valence-corrected chi connectivity index (χ2v) is 8.53. The van der Waals surface area contributed by atoms with Gasteiger partial charge in [0.1, 0.15) is 5.82 Å². The highest BCUT2D eigenvalue weighted by Crippen LogP contribution is 2.51. The zero-order valence-corrected chi connectivity index (χ0v) is 17.1. The van der Waals surface area contributed by atoms with E-state index in [4.69, 9.17) is 4.98 Å². The number of aromatic nitrogens is 2. The Balaban J connectivity index is 1.63. The molecule has 0 radical (unpaired) electrons. The molecule has 0 aliphatic heterocycles. The molecule has 144 valence electrons. The van der Waals surface area contributed by atoms with Crippen LogP contribution in [0, 0.1) is 0 Å². The van der Waals surface area contributed by atoms with Gasteiger partial charge in [-0.05, 0) is 34.9 Å². The molecule has 0 bridgehead atoms. The fraction of sp³-hybridized carbons (Fsp3) is 0.107. The van der Waals surface area contributed by atoms with E-state index < -0.39 is 0 Å². The van der Waals surface area contributed by atoms with Crippen LogP contribution in [0.15, 0.2) is 97.2 Å². The van der Waals surface area contributed by atoms with Crippen LogP contribution in [0.3, 0.4) is 0 Å². The van der Waals surface area contributed by atoms with E-state index in [9.17, 15) is 0 Å². The number of pyridine rings is 1. The molecule has 0 saturated carbocycles. The van der Waals surface area contributed by atoms with Crippen LogP contribution in [0.5, 0.6) is 0 Å². The minimum Gasteiger partial charge on any atom is -0.301 e. The van der Waals surface area contributed by atoms with Crippen LogP contribution in [0.2, 0.25) is 0 Å². The molecule has 30 heavy (non-hydrogen) atoms. The smallest absolute Gasteiger partial charge is 0.137 e. The van der Waals surface area contributed by atoms with Crippen LogP contribution >= 0.6 is 0 Å². The van der Waals surface area contributed by atoms with Crippen molar-refractivity contribution < 1.29 is 0 Å². The summed E-state index contributed by atoms with van der Waals surface area (Å²) in [7, 11) is 0. The number of fused-ring (bicyclic) bond motifs is 5. The third-order valence-electron chi connectivity index (χ3n) is 6.45. The van der Waals surface area contributed by atoms with E-state index in [1.54, 1.807) is 0 Å². The average Bonchev–Trinajstić information content (AvgIpc) is 3.32. The van der Waals surface area contributed by atoms with Crippen LogP contribution < -0.4 is 0 Å². The summed E-state index contributed by atoms with van der Waals surface area (Å²) in [6.45, 7) is 4.65. The Hall–Kier alpha value is -3.65. The van der Waals surface area contributed by atoms with Gasteiger partial charge >= 0.3 is 0 Å². The summed E-state index contributed by atoms with van der Waals surface area (Å²) in [6, 6.07) is 32.2. The maximum atomic E-state index is 5.02. The van der Waals surface area contributed by atoms with E-state index in [2.05, 4.69) is 110 Å². The molecule has 0 atom stereocenters. The van der Waals surface area contributed by atoms with E-state index in [1.165, 1.54) is 33.2 Å². The maximum Gasteiger partial charge on any atom is 0.137 e. The first-order valence-corrected chi connectivity index (χ1v) is 10.4. The molecule has 5 aromatic rings. The molecule has 2 aromatic heterocycles. The Morgan fingerprint density at radius 2 is 1.50 bits per heavy atom. The highest BCUT2D eigenvalue weighted by Gasteiger charge is 2.36. The molecule has 3 aromatic carbocycles. The molecule has 1 aliphatic rings. The topological polar surface area (TPSA) is 17.8 Å². The van der Waals surface area contributed by atoms with E-state index in [0.717, 1.165) is 17.1 Å². The Morgan fingerprint density at radius 1 is 0.700 bits per heavy atom. The number of hydrogen-bond donors (Lipinski definition) is 0. The molecule has 2 nitrogen and oxygen atoms in total. The number of nitrogens with zero attached hydrogens (tertiary/aromatic N) is 2. The minimum absolute atomic E-state index is 0.00542. The largest absolute Gasteiger partial charge is 0.301 e. The number of rotatable bonds is 2. The summed E-state index contributed by atoms with van der Waals surface area (Å²) in [5, 5.41) is 1.24. The Labute approximate surface area is 176 Å². The second-order valence-electron chi connectivity index (χ2n) is 8.53. The first-order chi connectivity index (χ1) is 14.6. The monoisotopic (exact) mass is 386 g/mol. The first kappa shape index (κ1) is 17.2. The zero-order valence-electron chi connectivity index (χ0n) is 17.1. The second kappa shape index (κ2) is 6.17. The summed E-state index contributed by atoms with van der Waals surface area (Å²) in [5.74, 6) is 0.946. The summed E-state index contributed by atoms with van der Waals surface area (Å²) < 4.78 is 2.25. The van der Waals surface area contributed by atoms with E-state index >= 15 is 0 Å². The molecule has 0 fully saturated rings. The highest BCUT2D eigenvalue weighted by molar-refractivity contribution is 6.01. The normalized spacial score (nSPS) is 13.9. The van der Waals surface area contributed by atoms with Gasteiger partial charge in [-0.1, -0.05) is 86.6 Å². The standard InChI is InChI=1S/C28H22N2/c1-28(2)22-12-7-6-11-21(22)26-23(28)16-15-20-17-18-30(27(20)26)25-14-8-13-24(29-25)19-9-4-3-5-10-19/h3-18H,1-2H3. The van der Waals surface area contributed by atoms with Crippen molar-refractivity contribution in [3.05, 3.63) is 108 Å². The van der Waals surface area contributed by atoms with Crippen LogP contribution in [0.4, 0.5) is 0 Å². The van der Waals surface area contributed by atoms with Crippen LogP contribution in [-0.2, 0) is 5.41 Å². The lowest BCUT2D eigenvalue weighted by atomic mass is 9.82. The highest BCUT2D eigenvalue weighted by atomic mass is 15.1. The Bertz CT molecular complexity index is 1410. The molecule has 0 spiro atoms. The first-order valence-electron chi connectivity index (χ1n) is 10.4. The average molecular weight is 386 g/mol. The van der Waals surface area contributed by atoms with Crippen LogP contribution in [0.25, 0.3) is 39.1 Å². The predicted octanol–water partition coefficient (Wildman–Crippen LogP) is 7.00. The molecule has 2 heteroatoms. The minimum atomic E-state index is -0.00542. The van der Waals surface area contributed by atoms with Crippen molar-refractivity contribution in [2.45, 2.75) is 19.3 Å². The lowest BCUT2D eigenvalue weighted by Gasteiger charge is -2.21. The molecule has 6 rings (SSSR count). The fourth-order valence-corrected chi connectivity index (χ4v) is 4.93. The number of hydrogen-bond acceptors (Lipinski definition) is 1. The quantitative estimate of drug-likeness (QED) is 0.319. The van der Waals surface area contributed by atoms with Gasteiger partial charge in [0.15, 0.2) is 0 Å². The van der Waals surface area contributed by atoms with E-state index in [0.29, 0.717) is 0 Å². The molecule has 1 aliphatic carbocycles. The van der Waals surface area contributed by atoms with Gasteiger partial charge in [0, 0.05) is 28.1 Å². The summed E-state index contributed by atoms with van der Waals surface area (Å²) in [6.07, 6.45) is 2.15. The third-order valence-corrected chi connectivity index (χ3v) is 6.45. The van der Waals surface area contributed by atoms with Gasteiger partial charge in [-0.25, -0.2) is 4.98 Å². The zero-order chi connectivity index (χ0) is 20.3. The molecular formula is C28H22N2. The van der Waals surface area contributed by atoms with Gasteiger partial charge in [-0.15, -0.1) is 0 Å². The van der Waals surface area contributed by atoms with Crippen molar-refractivity contribution in [3.8, 4) is 28.2 Å². The van der Waals surface area contributed by atoms with Crippen molar-refractivity contribution in [1.29, 1.82) is 0 Å². The van der Waals surface area contributed by atoms with Gasteiger partial charge in [-0.2, -0.15) is 0 Å². The molecule has 2 heterocycles. The fourth-order valence-electron chi connectivity index (χ4n) is 4.93. The predicted molar refractivity (Wildman–Crippen MR) is 124 cm³/mol. The molecule has 0 unspecified atom stereocenters. The molecule has 0 amide bonds. The van der Waals surface area contributed by atoms with Crippen molar-refractivity contribution in [3.63, 3.8) is 0 Å². The molecule has 0 N–H and O–H groups in total. The van der Waals surface area contributed by atoms with E-state index in [-0.39, 0.29) is 5.41 Å². The van der Waals surface area contributed by atoms with Crippen LogP contribution in [-0.4, -0.2) is 9.55 Å². The van der Waals surface area contributed by atoms with Gasteiger partial charge in [0.25, 0.3) is 0 Å². The number of benzene rings is 3. The van der Waals surface area contributed by atoms with Crippen molar-refractivity contribution in [2.75, 3.05) is 0 Å². The van der Waals surface area contributed by atoms with Crippen molar-refractivity contribution in [1.82, 2.24) is 9.55 Å². The third kappa shape index (κ3) is 2.34. The van der Waals surface area contributed by atoms with Gasteiger partial charge in [0.05, 0.1) is 11.2 Å². The maximum absolute atomic E-state index is 5.02. The summed E-state index contributed by atoms with van der Waals surface area (Å²) in [5.41, 5.74) is 8.81. The van der Waals surface area contributed by atoms with Crippen molar-refractivity contribution >= 4 is 10.9 Å². The molecular weight excluding hydrogens is 364 g/mol. The van der Waals surface area contributed by atoms with Gasteiger partial charge < -0.3 is 4.57 Å². The van der Waals surface area contributed by atoms with Gasteiger partial charge in [-0.3, -0.25) is 0 Å². The van der Waals surface area contributed by atoms with Gasteiger partial charge in [0.2, 0.25) is 0 Å². The molecule has 0 saturated heterocycles. The Morgan fingerprint density at radius 3 is 2.37 bits per heavy atom. The van der Waals surface area contributed by atoms with E-state index in [1.807, 2.05) is 6.07 Å². The van der Waals surface area contributed by atoms with Crippen molar-refractivity contribution in [2.24, 2.45) is 0 Å². The lowest BCUT2D eigenvalue weighted by Crippen LogP contribution is -2.14. The lowest BCUT2D eigenvalue weighted by molar-refractivity contribution is 0.661. The summed E-state index contributed by atoms with van der Waals surface area (Å²) in [4.78, 5) is 5.02. The SMILES string of the molecule is CC1(C)c2ccccc2-c2c1ccc1ccn(-c3cccc(-c4ccccc4)n3)c21. The van der Waals surface area contributed by atoms with Crippen LogP contribution in [0.1, 0.15) is 25.0 Å².